The summed E-state index contributed by atoms with van der Waals surface area (Å²) >= 11 is 0. The summed E-state index contributed by atoms with van der Waals surface area (Å²) in [6.07, 6.45) is 5.11. The molecular weight excluding hydrogens is 312 g/mol. The molecule has 2 unspecified atom stereocenters. The molecule has 2 aromatic rings. The standard InChI is InChI=1S/C18H20N2O2.ClH/c1-3-4-13-11-20(2)8-7-14(13)16-10-19-17-6-5-12(18(21)22)9-15(16)17;/h4-6,9-10,13-14,19H,1,7-8,11H2,2H3,(H,21,22);1H. The third-order valence-corrected chi connectivity index (χ3v) is 4.55. The number of hydrogen-bond donors (Lipinski definition) is 2. The van der Waals surface area contributed by atoms with E-state index in [2.05, 4.69) is 29.2 Å². The summed E-state index contributed by atoms with van der Waals surface area (Å²) in [5.41, 5.74) is 5.44. The van der Waals surface area contributed by atoms with Crippen LogP contribution in [0, 0.1) is 5.92 Å². The Labute approximate surface area is 141 Å². The fraction of sp³-hybridized carbons (Fsp3) is 0.333. The number of carbonyl (C=O) groups is 1. The molecule has 1 aliphatic rings. The van der Waals surface area contributed by atoms with Gasteiger partial charge in [0.15, 0.2) is 0 Å². The molecule has 122 valence electrons. The zero-order valence-electron chi connectivity index (χ0n) is 13.1. The molecule has 0 saturated carbocycles. The van der Waals surface area contributed by atoms with Crippen molar-refractivity contribution >= 4 is 29.3 Å². The molecule has 1 aromatic heterocycles. The van der Waals surface area contributed by atoms with Gasteiger partial charge >= 0.3 is 5.97 Å². The Bertz CT molecular complexity index is 761. The second-order valence-corrected chi connectivity index (χ2v) is 6.00. The summed E-state index contributed by atoms with van der Waals surface area (Å²) in [4.78, 5) is 16.8. The molecular formula is C18H21ClN2O2. The lowest BCUT2D eigenvalue weighted by Gasteiger charge is -2.35. The van der Waals surface area contributed by atoms with Gasteiger partial charge in [0.05, 0.1) is 5.56 Å². The molecule has 2 heterocycles. The summed E-state index contributed by atoms with van der Waals surface area (Å²) in [6, 6.07) is 5.26. The van der Waals surface area contributed by atoms with Crippen LogP contribution in [0.15, 0.2) is 42.8 Å². The fourth-order valence-electron chi connectivity index (χ4n) is 3.44. The van der Waals surface area contributed by atoms with E-state index in [-0.39, 0.29) is 12.4 Å². The zero-order valence-corrected chi connectivity index (χ0v) is 13.9. The van der Waals surface area contributed by atoms with Gasteiger partial charge in [-0.3, -0.25) is 0 Å². The predicted molar refractivity (Wildman–Crippen MR) is 94.6 cm³/mol. The predicted octanol–water partition coefficient (Wildman–Crippen LogP) is 3.66. The van der Waals surface area contributed by atoms with Crippen molar-refractivity contribution in [2.24, 2.45) is 5.92 Å². The Kier molecular flexibility index (Phi) is 5.32. The monoisotopic (exact) mass is 332 g/mol. The molecule has 1 aromatic carbocycles. The van der Waals surface area contributed by atoms with Crippen molar-refractivity contribution in [2.45, 2.75) is 12.3 Å². The van der Waals surface area contributed by atoms with E-state index in [0.717, 1.165) is 30.4 Å². The number of likely N-dealkylation sites (tertiary alicyclic amines) is 1. The van der Waals surface area contributed by atoms with Crippen LogP contribution in [-0.4, -0.2) is 41.1 Å². The number of H-pyrrole nitrogens is 1. The Morgan fingerprint density at radius 2 is 2.30 bits per heavy atom. The van der Waals surface area contributed by atoms with Crippen LogP contribution in [-0.2, 0) is 0 Å². The van der Waals surface area contributed by atoms with Gasteiger partial charge in [-0.05, 0) is 55.8 Å². The molecule has 0 amide bonds. The molecule has 1 saturated heterocycles. The second-order valence-electron chi connectivity index (χ2n) is 6.00. The van der Waals surface area contributed by atoms with Gasteiger partial charge in [0, 0.05) is 29.6 Å². The lowest BCUT2D eigenvalue weighted by atomic mass is 9.80. The van der Waals surface area contributed by atoms with E-state index in [1.54, 1.807) is 12.1 Å². The number of hydrogen-bond acceptors (Lipinski definition) is 2. The number of aromatic carboxylic acids is 1. The maximum atomic E-state index is 11.2. The Morgan fingerprint density at radius 1 is 1.52 bits per heavy atom. The quantitative estimate of drug-likeness (QED) is 0.843. The minimum Gasteiger partial charge on any atom is -0.478 e. The van der Waals surface area contributed by atoms with Crippen LogP contribution in [0.2, 0.25) is 0 Å². The van der Waals surface area contributed by atoms with Crippen molar-refractivity contribution in [3.63, 3.8) is 0 Å². The minimum absolute atomic E-state index is 0. The fourth-order valence-corrected chi connectivity index (χ4v) is 3.44. The summed E-state index contributed by atoms with van der Waals surface area (Å²) in [5, 5.41) is 10.2. The van der Waals surface area contributed by atoms with Crippen LogP contribution in [0.25, 0.3) is 10.9 Å². The summed E-state index contributed by atoms with van der Waals surface area (Å²) in [5.74, 6) is -0.174. The Hall–Kier alpha value is -2.00. The van der Waals surface area contributed by atoms with Crippen LogP contribution in [0.4, 0.5) is 0 Å². The molecule has 0 aliphatic carbocycles. The van der Waals surface area contributed by atoms with Gasteiger partial charge in [0.2, 0.25) is 0 Å². The largest absolute Gasteiger partial charge is 0.478 e. The number of aromatic nitrogens is 1. The first-order valence-corrected chi connectivity index (χ1v) is 7.49. The van der Waals surface area contributed by atoms with Gasteiger partial charge in [-0.2, -0.15) is 0 Å². The van der Waals surface area contributed by atoms with Crippen molar-refractivity contribution in [3.05, 3.63) is 53.9 Å². The molecule has 4 nitrogen and oxygen atoms in total. The van der Waals surface area contributed by atoms with Gasteiger partial charge in [-0.1, -0.05) is 6.58 Å². The lowest BCUT2D eigenvalue weighted by molar-refractivity contribution is 0.0697. The third kappa shape index (κ3) is 3.35. The molecule has 3 rings (SSSR count). The van der Waals surface area contributed by atoms with Crippen LogP contribution in [0.5, 0.6) is 0 Å². The topological polar surface area (TPSA) is 56.3 Å². The van der Waals surface area contributed by atoms with E-state index in [9.17, 15) is 9.90 Å². The SMILES string of the molecule is C=C=CC1CN(C)CCC1c1c[nH]c2ccc(C(=O)O)cc12.Cl. The molecule has 1 aliphatic heterocycles. The Morgan fingerprint density at radius 3 is 3.00 bits per heavy atom. The normalized spacial score (nSPS) is 21.4. The average molecular weight is 333 g/mol. The number of nitrogens with one attached hydrogen (secondary N) is 1. The molecule has 0 radical (unpaired) electrons. The van der Waals surface area contributed by atoms with E-state index in [1.807, 2.05) is 18.3 Å². The van der Waals surface area contributed by atoms with E-state index < -0.39 is 5.97 Å². The first-order valence-electron chi connectivity index (χ1n) is 7.49. The van der Waals surface area contributed by atoms with Crippen LogP contribution >= 0.6 is 12.4 Å². The lowest BCUT2D eigenvalue weighted by Crippen LogP contribution is -2.36. The molecule has 0 bridgehead atoms. The zero-order chi connectivity index (χ0) is 15.7. The number of carboxylic acid groups (broad SMARTS) is 1. The Balaban J connectivity index is 0.00000192. The molecule has 1 fully saturated rings. The first-order chi connectivity index (χ1) is 10.6. The van der Waals surface area contributed by atoms with Gasteiger partial charge in [0.1, 0.15) is 0 Å². The smallest absolute Gasteiger partial charge is 0.335 e. The van der Waals surface area contributed by atoms with Gasteiger partial charge in [0.25, 0.3) is 0 Å². The highest BCUT2D eigenvalue weighted by Crippen LogP contribution is 2.37. The molecule has 2 N–H and O–H groups in total. The van der Waals surface area contributed by atoms with Gasteiger partial charge < -0.3 is 15.0 Å². The number of piperidine rings is 1. The van der Waals surface area contributed by atoms with Crippen molar-refractivity contribution in [2.75, 3.05) is 20.1 Å². The van der Waals surface area contributed by atoms with E-state index >= 15 is 0 Å². The second kappa shape index (κ2) is 7.05. The highest BCUT2D eigenvalue weighted by molar-refractivity contribution is 5.94. The number of fused-ring (bicyclic) bond motifs is 1. The van der Waals surface area contributed by atoms with E-state index in [1.165, 1.54) is 5.56 Å². The third-order valence-electron chi connectivity index (χ3n) is 4.55. The number of benzene rings is 1. The number of carboxylic acids is 1. The number of rotatable bonds is 3. The number of halogens is 1. The summed E-state index contributed by atoms with van der Waals surface area (Å²) in [7, 11) is 2.12. The first kappa shape index (κ1) is 17.4. The van der Waals surface area contributed by atoms with Gasteiger partial charge in [-0.25, -0.2) is 4.79 Å². The van der Waals surface area contributed by atoms with Crippen molar-refractivity contribution < 1.29 is 9.90 Å². The van der Waals surface area contributed by atoms with Crippen molar-refractivity contribution in [1.82, 2.24) is 9.88 Å². The summed E-state index contributed by atoms with van der Waals surface area (Å²) < 4.78 is 0. The highest BCUT2D eigenvalue weighted by Gasteiger charge is 2.29. The van der Waals surface area contributed by atoms with Crippen LogP contribution in [0.3, 0.4) is 0 Å². The average Bonchev–Trinajstić information content (AvgIpc) is 2.91. The maximum absolute atomic E-state index is 11.2. The van der Waals surface area contributed by atoms with Crippen molar-refractivity contribution in [3.8, 4) is 0 Å². The molecule has 0 spiro atoms. The van der Waals surface area contributed by atoms with Crippen molar-refractivity contribution in [1.29, 1.82) is 0 Å². The molecule has 23 heavy (non-hydrogen) atoms. The number of nitrogens with zero attached hydrogens (tertiary/aromatic N) is 1. The molecule has 2 atom stereocenters. The van der Waals surface area contributed by atoms with Gasteiger partial charge in [-0.15, -0.1) is 18.1 Å². The minimum atomic E-state index is -0.889. The van der Waals surface area contributed by atoms with E-state index in [4.69, 9.17) is 0 Å². The number of aromatic amines is 1. The summed E-state index contributed by atoms with van der Waals surface area (Å²) in [6.45, 7) is 5.72. The van der Waals surface area contributed by atoms with Crippen LogP contribution < -0.4 is 0 Å². The van der Waals surface area contributed by atoms with Crippen LogP contribution in [0.1, 0.15) is 28.3 Å². The van der Waals surface area contributed by atoms with E-state index in [0.29, 0.717) is 17.4 Å². The maximum Gasteiger partial charge on any atom is 0.335 e. The highest BCUT2D eigenvalue weighted by atomic mass is 35.5. The molecule has 5 heteroatoms.